The van der Waals surface area contributed by atoms with Crippen LogP contribution in [0.3, 0.4) is 0 Å². The summed E-state index contributed by atoms with van der Waals surface area (Å²) in [6.45, 7) is 4.02. The van der Waals surface area contributed by atoms with Gasteiger partial charge in [0.2, 0.25) is 23.7 Å². The second-order valence-corrected chi connectivity index (χ2v) is 14.5. The first-order valence-electron chi connectivity index (χ1n) is 19.5. The van der Waals surface area contributed by atoms with E-state index in [9.17, 15) is 24.0 Å². The number of anilines is 3. The number of piperazine rings is 1. The van der Waals surface area contributed by atoms with Gasteiger partial charge in [0.1, 0.15) is 18.1 Å². The van der Waals surface area contributed by atoms with Gasteiger partial charge in [-0.15, -0.1) is 10.2 Å². The summed E-state index contributed by atoms with van der Waals surface area (Å²) in [5, 5.41) is 17.3. The van der Waals surface area contributed by atoms with E-state index in [0.29, 0.717) is 49.9 Å². The van der Waals surface area contributed by atoms with E-state index in [1.165, 1.54) is 0 Å². The molecule has 3 aromatic heterocycles. The Kier molecular flexibility index (Phi) is 10.9. The topological polar surface area (TPSA) is 187 Å². The van der Waals surface area contributed by atoms with Crippen LogP contribution in [-0.2, 0) is 20.9 Å². The number of carbonyl (C=O) groups is 5. The van der Waals surface area contributed by atoms with E-state index in [0.717, 1.165) is 72.7 Å². The molecule has 0 bridgehead atoms. The summed E-state index contributed by atoms with van der Waals surface area (Å²) in [7, 11) is 0. The first-order valence-corrected chi connectivity index (χ1v) is 19.5. The lowest BCUT2D eigenvalue weighted by Crippen LogP contribution is -2.54. The molecule has 2 aromatic carbocycles. The van der Waals surface area contributed by atoms with Gasteiger partial charge in [-0.25, -0.2) is 4.98 Å². The maximum atomic E-state index is 13.3. The monoisotopic (exact) mass is 772 g/mol. The van der Waals surface area contributed by atoms with Crippen molar-refractivity contribution >= 4 is 52.5 Å². The van der Waals surface area contributed by atoms with E-state index in [1.807, 2.05) is 21.4 Å². The van der Waals surface area contributed by atoms with Crippen molar-refractivity contribution in [2.24, 2.45) is 0 Å². The number of amides is 5. The highest BCUT2D eigenvalue weighted by Crippen LogP contribution is 2.33. The molecule has 2 fully saturated rings. The number of aromatic nitrogens is 4. The Bertz CT molecular complexity index is 2280. The molecule has 0 unspecified atom stereocenters. The van der Waals surface area contributed by atoms with Crippen molar-refractivity contribution in [1.29, 1.82) is 0 Å². The van der Waals surface area contributed by atoms with E-state index >= 15 is 0 Å². The lowest BCUT2D eigenvalue weighted by molar-refractivity contribution is -0.136. The van der Waals surface area contributed by atoms with Gasteiger partial charge in [0, 0.05) is 68.7 Å². The number of benzene rings is 2. The van der Waals surface area contributed by atoms with Gasteiger partial charge in [0.05, 0.1) is 23.9 Å². The summed E-state index contributed by atoms with van der Waals surface area (Å²) in [6, 6.07) is 16.2. The minimum atomic E-state index is -0.992. The number of piperidine rings is 1. The number of rotatable bonds is 15. The number of fused-ring (bicyclic) bond motifs is 2. The quantitative estimate of drug-likeness (QED) is 0.100. The second kappa shape index (κ2) is 16.6. The van der Waals surface area contributed by atoms with Crippen LogP contribution in [0.2, 0.25) is 0 Å². The van der Waals surface area contributed by atoms with Crippen LogP contribution in [0.15, 0.2) is 77.8 Å². The summed E-state index contributed by atoms with van der Waals surface area (Å²) in [5.74, 6) is -0.437. The highest BCUT2D eigenvalue weighted by atomic mass is 16.3. The van der Waals surface area contributed by atoms with Gasteiger partial charge in [-0.2, -0.15) is 0 Å². The zero-order valence-electron chi connectivity index (χ0n) is 31.5. The van der Waals surface area contributed by atoms with Crippen LogP contribution >= 0.6 is 0 Å². The molecule has 0 saturated carbocycles. The van der Waals surface area contributed by atoms with Gasteiger partial charge in [-0.3, -0.25) is 38.6 Å². The van der Waals surface area contributed by atoms with Gasteiger partial charge in [0.15, 0.2) is 5.65 Å². The van der Waals surface area contributed by atoms with Crippen molar-refractivity contribution < 1.29 is 28.4 Å². The van der Waals surface area contributed by atoms with Gasteiger partial charge in [-0.1, -0.05) is 37.5 Å². The van der Waals surface area contributed by atoms with Gasteiger partial charge in [-0.05, 0) is 61.2 Å². The average molecular weight is 773 g/mol. The van der Waals surface area contributed by atoms with Crippen molar-refractivity contribution in [3.63, 3.8) is 0 Å². The number of hydrogen-bond acceptors (Lipinski definition) is 12. The van der Waals surface area contributed by atoms with E-state index in [1.54, 1.807) is 37.0 Å². The van der Waals surface area contributed by atoms with Crippen LogP contribution in [0.1, 0.15) is 77.8 Å². The molecule has 5 aromatic rings. The molecule has 3 aliphatic rings. The Labute approximate surface area is 328 Å². The number of imide groups is 2. The summed E-state index contributed by atoms with van der Waals surface area (Å²) in [6.07, 6.45) is 10.4. The van der Waals surface area contributed by atoms with Crippen molar-refractivity contribution in [3.8, 4) is 11.1 Å². The number of unbranched alkanes of at least 4 members (excludes halogenated alkanes) is 4. The summed E-state index contributed by atoms with van der Waals surface area (Å²) in [5.41, 5.74) is 4.77. The van der Waals surface area contributed by atoms with Crippen LogP contribution in [0, 0.1) is 0 Å². The third kappa shape index (κ3) is 7.92. The fourth-order valence-corrected chi connectivity index (χ4v) is 7.77. The molecule has 1 atom stereocenters. The zero-order chi connectivity index (χ0) is 39.3. The fourth-order valence-electron chi connectivity index (χ4n) is 7.77. The van der Waals surface area contributed by atoms with Crippen molar-refractivity contribution in [2.45, 2.75) is 64.0 Å². The summed E-state index contributed by atoms with van der Waals surface area (Å²) in [4.78, 5) is 73.3. The molecular weight excluding hydrogens is 729 g/mol. The highest BCUT2D eigenvalue weighted by Gasteiger charge is 2.45. The molecule has 3 N–H and O–H groups in total. The Hall–Kier alpha value is -6.58. The average Bonchev–Trinajstić information content (AvgIpc) is 4.00. The number of nitrogens with zero attached hydrogens (tertiary/aromatic N) is 7. The maximum Gasteiger partial charge on any atom is 0.264 e. The van der Waals surface area contributed by atoms with E-state index in [-0.39, 0.29) is 29.9 Å². The Morgan fingerprint density at radius 3 is 2.46 bits per heavy atom. The molecule has 2 saturated heterocycles. The van der Waals surface area contributed by atoms with Gasteiger partial charge >= 0.3 is 0 Å². The lowest BCUT2D eigenvalue weighted by atomic mass is 10.0. The molecule has 294 valence electrons. The fraction of sp³-hybridized carbons (Fsp3) is 0.366. The molecule has 0 aliphatic carbocycles. The Balaban J connectivity index is 0.735. The molecular formula is C41H44N10O6. The Morgan fingerprint density at radius 2 is 1.67 bits per heavy atom. The minimum absolute atomic E-state index is 0.0791. The summed E-state index contributed by atoms with van der Waals surface area (Å²) >= 11 is 0. The molecule has 0 spiro atoms. The van der Waals surface area contributed by atoms with E-state index in [4.69, 9.17) is 4.42 Å². The van der Waals surface area contributed by atoms with Crippen LogP contribution < -0.4 is 20.9 Å². The van der Waals surface area contributed by atoms with Gasteiger partial charge in [0.25, 0.3) is 11.8 Å². The molecule has 16 nitrogen and oxygen atoms in total. The van der Waals surface area contributed by atoms with Crippen molar-refractivity contribution in [3.05, 3.63) is 90.3 Å². The second-order valence-electron chi connectivity index (χ2n) is 14.5. The molecule has 8 rings (SSSR count). The molecule has 16 heteroatoms. The first kappa shape index (κ1) is 37.3. The first-order chi connectivity index (χ1) is 27.9. The smallest absolute Gasteiger partial charge is 0.264 e. The predicted molar refractivity (Wildman–Crippen MR) is 210 cm³/mol. The number of carbonyl (C=O) groups excluding carboxylic acids is 5. The number of furan rings is 1. The molecule has 3 aliphatic heterocycles. The maximum absolute atomic E-state index is 13.3. The van der Waals surface area contributed by atoms with Crippen LogP contribution in [0.25, 0.3) is 16.8 Å². The number of nitrogens with one attached hydrogen (secondary N) is 3. The standard InChI is InChI=1S/C41H44N10O6/c52-34-17-16-33(38(54)46-34)51-39(55)30-9-6-10-32(36(30)40(51)56)42-18-5-3-1-2-4-11-35(53)49-21-19-48(20-22-49)28-14-12-27(13-15-28)31-25-44-41(50-26-45-47-37(31)50)43-24-29-8-7-23-57-29/h6-10,12-15,23,25-26,33,42H,1-5,11,16-22,24H2,(H,43,44)(H,46,52,54)/t33-/m1/s1. The van der Waals surface area contributed by atoms with Crippen LogP contribution in [0.4, 0.5) is 17.3 Å². The molecule has 5 amide bonds. The van der Waals surface area contributed by atoms with E-state index < -0.39 is 29.7 Å². The van der Waals surface area contributed by atoms with Crippen molar-refractivity contribution in [1.82, 2.24) is 34.7 Å². The zero-order valence-corrected chi connectivity index (χ0v) is 31.5. The SMILES string of the molecule is O=C1CC[C@@H](N2C(=O)c3cccc(NCCCCCCCC(=O)N4CCN(c5ccc(-c6cnc(NCc7ccco7)n7cnnc67)cc5)CC4)c3C2=O)C(=O)N1. The summed E-state index contributed by atoms with van der Waals surface area (Å²) < 4.78 is 7.24. The van der Waals surface area contributed by atoms with E-state index in [2.05, 4.69) is 60.3 Å². The third-order valence-electron chi connectivity index (χ3n) is 10.9. The van der Waals surface area contributed by atoms with Gasteiger partial charge < -0.3 is 24.9 Å². The normalized spacial score (nSPS) is 17.0. The van der Waals surface area contributed by atoms with Crippen LogP contribution in [-0.4, -0.2) is 97.7 Å². The minimum Gasteiger partial charge on any atom is -0.467 e. The largest absolute Gasteiger partial charge is 0.467 e. The molecule has 0 radical (unpaired) electrons. The third-order valence-corrected chi connectivity index (χ3v) is 10.9. The molecule has 57 heavy (non-hydrogen) atoms. The van der Waals surface area contributed by atoms with Crippen LogP contribution in [0.5, 0.6) is 0 Å². The lowest BCUT2D eigenvalue weighted by Gasteiger charge is -2.36. The Morgan fingerprint density at radius 1 is 0.860 bits per heavy atom. The predicted octanol–water partition coefficient (Wildman–Crippen LogP) is 4.50. The highest BCUT2D eigenvalue weighted by molar-refractivity contribution is 6.25. The molecule has 6 heterocycles. The van der Waals surface area contributed by atoms with Crippen molar-refractivity contribution in [2.75, 3.05) is 48.3 Å². The number of hydrogen-bond donors (Lipinski definition) is 3.